The Morgan fingerprint density at radius 3 is 2.89 bits per heavy atom. The van der Waals surface area contributed by atoms with Crippen LogP contribution in [0.2, 0.25) is 0 Å². The SMILES string of the molecule is COc1cc(CC(Br)c2sccc2OC)ncn1. The molecule has 0 saturated heterocycles. The van der Waals surface area contributed by atoms with Crippen LogP contribution in [0.15, 0.2) is 23.8 Å². The number of aromatic nitrogens is 2. The molecule has 0 aliphatic rings. The first kappa shape index (κ1) is 13.3. The van der Waals surface area contributed by atoms with E-state index in [1.165, 1.54) is 6.33 Å². The van der Waals surface area contributed by atoms with E-state index in [2.05, 4.69) is 25.9 Å². The molecule has 0 spiro atoms. The number of hydrogen-bond donors (Lipinski definition) is 0. The van der Waals surface area contributed by atoms with Gasteiger partial charge in [-0.05, 0) is 11.4 Å². The third kappa shape index (κ3) is 3.00. The van der Waals surface area contributed by atoms with Gasteiger partial charge in [0, 0.05) is 18.2 Å². The molecule has 0 aliphatic heterocycles. The molecule has 0 saturated carbocycles. The number of nitrogens with zero attached hydrogens (tertiary/aromatic N) is 2. The summed E-state index contributed by atoms with van der Waals surface area (Å²) in [5.41, 5.74) is 0.930. The molecular formula is C12H13BrN2O2S. The van der Waals surface area contributed by atoms with E-state index in [9.17, 15) is 0 Å². The van der Waals surface area contributed by atoms with Crippen LogP contribution in [0, 0.1) is 0 Å². The van der Waals surface area contributed by atoms with Crippen LogP contribution in [0.5, 0.6) is 11.6 Å². The average molecular weight is 329 g/mol. The first-order valence-corrected chi connectivity index (χ1v) is 7.14. The Hall–Kier alpha value is -1.14. The maximum absolute atomic E-state index is 5.31. The van der Waals surface area contributed by atoms with Crippen molar-refractivity contribution < 1.29 is 9.47 Å². The first-order valence-electron chi connectivity index (χ1n) is 5.35. The van der Waals surface area contributed by atoms with Crippen molar-refractivity contribution in [2.45, 2.75) is 11.2 Å². The van der Waals surface area contributed by atoms with E-state index in [1.54, 1.807) is 25.6 Å². The van der Waals surface area contributed by atoms with Crippen LogP contribution >= 0.6 is 27.3 Å². The van der Waals surface area contributed by atoms with Crippen molar-refractivity contribution in [2.24, 2.45) is 0 Å². The van der Waals surface area contributed by atoms with Crippen LogP contribution in [0.25, 0.3) is 0 Å². The van der Waals surface area contributed by atoms with Gasteiger partial charge in [0.15, 0.2) is 0 Å². The summed E-state index contributed by atoms with van der Waals surface area (Å²) < 4.78 is 10.4. The van der Waals surface area contributed by atoms with Crippen LogP contribution in [0.4, 0.5) is 0 Å². The van der Waals surface area contributed by atoms with Gasteiger partial charge >= 0.3 is 0 Å². The highest BCUT2D eigenvalue weighted by Gasteiger charge is 2.16. The van der Waals surface area contributed by atoms with Gasteiger partial charge in [0.1, 0.15) is 12.1 Å². The fourth-order valence-electron chi connectivity index (χ4n) is 1.58. The zero-order valence-electron chi connectivity index (χ0n) is 10.1. The molecule has 0 bridgehead atoms. The molecule has 2 aromatic rings. The number of ether oxygens (including phenoxy) is 2. The third-order valence-corrected chi connectivity index (χ3v) is 4.55. The Kier molecular flexibility index (Phi) is 4.54. The van der Waals surface area contributed by atoms with E-state index in [-0.39, 0.29) is 4.83 Å². The van der Waals surface area contributed by atoms with Gasteiger partial charge in [-0.1, -0.05) is 15.9 Å². The van der Waals surface area contributed by atoms with Crippen LogP contribution in [0.1, 0.15) is 15.4 Å². The van der Waals surface area contributed by atoms with Crippen molar-refractivity contribution in [3.8, 4) is 11.6 Å². The maximum atomic E-state index is 5.31. The summed E-state index contributed by atoms with van der Waals surface area (Å²) in [6.07, 6.45) is 2.27. The topological polar surface area (TPSA) is 44.2 Å². The molecule has 2 aromatic heterocycles. The molecule has 0 aliphatic carbocycles. The lowest BCUT2D eigenvalue weighted by molar-refractivity contribution is 0.395. The fraction of sp³-hybridized carbons (Fsp3) is 0.333. The highest BCUT2D eigenvalue weighted by Crippen LogP contribution is 2.37. The van der Waals surface area contributed by atoms with E-state index in [0.29, 0.717) is 5.88 Å². The molecular weight excluding hydrogens is 316 g/mol. The van der Waals surface area contributed by atoms with Crippen molar-refractivity contribution >= 4 is 27.3 Å². The van der Waals surface area contributed by atoms with Gasteiger partial charge in [0.2, 0.25) is 5.88 Å². The van der Waals surface area contributed by atoms with Crippen LogP contribution in [-0.4, -0.2) is 24.2 Å². The lowest BCUT2D eigenvalue weighted by Gasteiger charge is -2.10. The number of halogens is 1. The Morgan fingerprint density at radius 2 is 2.17 bits per heavy atom. The van der Waals surface area contributed by atoms with Gasteiger partial charge in [0.05, 0.1) is 23.9 Å². The summed E-state index contributed by atoms with van der Waals surface area (Å²) in [4.78, 5) is 9.56. The van der Waals surface area contributed by atoms with Gasteiger partial charge in [-0.25, -0.2) is 9.97 Å². The molecule has 0 radical (unpaired) electrons. The van der Waals surface area contributed by atoms with Crippen molar-refractivity contribution in [1.29, 1.82) is 0 Å². The Labute approximate surface area is 118 Å². The monoisotopic (exact) mass is 328 g/mol. The summed E-state index contributed by atoms with van der Waals surface area (Å²) in [5, 5.41) is 2.02. The molecule has 2 heterocycles. The fourth-order valence-corrected chi connectivity index (χ4v) is 3.30. The molecule has 2 rings (SSSR count). The maximum Gasteiger partial charge on any atom is 0.216 e. The van der Waals surface area contributed by atoms with Crippen molar-refractivity contribution in [1.82, 2.24) is 9.97 Å². The minimum Gasteiger partial charge on any atom is -0.496 e. The predicted octanol–water partition coefficient (Wildman–Crippen LogP) is 3.23. The summed E-state index contributed by atoms with van der Waals surface area (Å²) in [7, 11) is 3.28. The number of rotatable bonds is 5. The van der Waals surface area contributed by atoms with E-state index in [1.807, 2.05) is 17.5 Å². The molecule has 4 nitrogen and oxygen atoms in total. The zero-order valence-corrected chi connectivity index (χ0v) is 12.5. The van der Waals surface area contributed by atoms with Gasteiger partial charge in [-0.15, -0.1) is 11.3 Å². The molecule has 1 atom stereocenters. The molecule has 6 heteroatoms. The highest BCUT2D eigenvalue weighted by atomic mass is 79.9. The normalized spacial score (nSPS) is 12.2. The van der Waals surface area contributed by atoms with Crippen molar-refractivity contribution in [3.63, 3.8) is 0 Å². The Balaban J connectivity index is 2.13. The Bertz CT molecular complexity index is 518. The second-order valence-electron chi connectivity index (χ2n) is 3.58. The number of hydrogen-bond acceptors (Lipinski definition) is 5. The summed E-state index contributed by atoms with van der Waals surface area (Å²) >= 11 is 5.33. The molecule has 96 valence electrons. The average Bonchev–Trinajstić information content (AvgIpc) is 2.87. The quantitative estimate of drug-likeness (QED) is 0.790. The summed E-state index contributed by atoms with van der Waals surface area (Å²) in [5.74, 6) is 1.49. The van der Waals surface area contributed by atoms with E-state index < -0.39 is 0 Å². The van der Waals surface area contributed by atoms with E-state index in [0.717, 1.165) is 22.7 Å². The first-order chi connectivity index (χ1) is 8.74. The smallest absolute Gasteiger partial charge is 0.216 e. The lowest BCUT2D eigenvalue weighted by Crippen LogP contribution is -1.99. The van der Waals surface area contributed by atoms with Crippen LogP contribution < -0.4 is 9.47 Å². The van der Waals surface area contributed by atoms with Crippen LogP contribution in [-0.2, 0) is 6.42 Å². The third-order valence-electron chi connectivity index (χ3n) is 2.46. The second kappa shape index (κ2) is 6.15. The highest BCUT2D eigenvalue weighted by molar-refractivity contribution is 9.09. The lowest BCUT2D eigenvalue weighted by atomic mass is 10.2. The molecule has 18 heavy (non-hydrogen) atoms. The predicted molar refractivity (Wildman–Crippen MR) is 74.8 cm³/mol. The summed E-state index contributed by atoms with van der Waals surface area (Å²) in [6, 6.07) is 3.81. The number of alkyl halides is 1. The molecule has 0 aromatic carbocycles. The summed E-state index contributed by atoms with van der Waals surface area (Å²) in [6.45, 7) is 0. The van der Waals surface area contributed by atoms with Gasteiger partial charge in [0.25, 0.3) is 0 Å². The standard InChI is InChI=1S/C12H13BrN2O2S/c1-16-10-3-4-18-12(10)9(13)5-8-6-11(17-2)15-7-14-8/h3-4,6-7,9H,5H2,1-2H3. The number of methoxy groups -OCH3 is 2. The zero-order chi connectivity index (χ0) is 13.0. The molecule has 0 N–H and O–H groups in total. The molecule has 0 amide bonds. The Morgan fingerprint density at radius 1 is 1.33 bits per heavy atom. The minimum atomic E-state index is 0.173. The molecule has 0 fully saturated rings. The van der Waals surface area contributed by atoms with Crippen molar-refractivity contribution in [3.05, 3.63) is 34.4 Å². The van der Waals surface area contributed by atoms with Gasteiger partial charge in [-0.3, -0.25) is 0 Å². The van der Waals surface area contributed by atoms with Gasteiger partial charge in [-0.2, -0.15) is 0 Å². The van der Waals surface area contributed by atoms with Crippen LogP contribution in [0.3, 0.4) is 0 Å². The van der Waals surface area contributed by atoms with E-state index in [4.69, 9.17) is 9.47 Å². The van der Waals surface area contributed by atoms with E-state index >= 15 is 0 Å². The number of thiophene rings is 1. The van der Waals surface area contributed by atoms with Crippen molar-refractivity contribution in [2.75, 3.05) is 14.2 Å². The minimum absolute atomic E-state index is 0.173. The van der Waals surface area contributed by atoms with Gasteiger partial charge < -0.3 is 9.47 Å². The largest absolute Gasteiger partial charge is 0.496 e. The molecule has 1 unspecified atom stereocenters. The second-order valence-corrected chi connectivity index (χ2v) is 5.63.